The SMILES string of the molecule is CC(SCc1ncc(-c2ccc(Cl)cc2)o1)C(=O)O. The number of oxazole rings is 1. The molecule has 1 heterocycles. The number of carboxylic acid groups (broad SMARTS) is 1. The summed E-state index contributed by atoms with van der Waals surface area (Å²) in [4.78, 5) is 14.8. The maximum Gasteiger partial charge on any atom is 0.316 e. The summed E-state index contributed by atoms with van der Waals surface area (Å²) in [5.74, 6) is 0.758. The molecule has 0 spiro atoms. The smallest absolute Gasteiger partial charge is 0.316 e. The molecule has 1 unspecified atom stereocenters. The van der Waals surface area contributed by atoms with E-state index in [2.05, 4.69) is 4.98 Å². The Labute approximate surface area is 119 Å². The number of rotatable bonds is 5. The maximum absolute atomic E-state index is 10.7. The second kappa shape index (κ2) is 6.12. The van der Waals surface area contributed by atoms with E-state index >= 15 is 0 Å². The van der Waals surface area contributed by atoms with E-state index in [-0.39, 0.29) is 0 Å². The van der Waals surface area contributed by atoms with Gasteiger partial charge in [-0.2, -0.15) is 0 Å². The Morgan fingerprint density at radius 1 is 1.47 bits per heavy atom. The van der Waals surface area contributed by atoms with Crippen molar-refractivity contribution in [2.24, 2.45) is 0 Å². The quantitative estimate of drug-likeness (QED) is 0.911. The molecule has 0 fully saturated rings. The molecular weight excluding hydrogens is 286 g/mol. The van der Waals surface area contributed by atoms with Crippen molar-refractivity contribution in [3.63, 3.8) is 0 Å². The summed E-state index contributed by atoms with van der Waals surface area (Å²) in [6.07, 6.45) is 1.63. The molecule has 0 amide bonds. The molecule has 2 aromatic rings. The van der Waals surface area contributed by atoms with Crippen LogP contribution in [0.3, 0.4) is 0 Å². The van der Waals surface area contributed by atoms with Crippen molar-refractivity contribution in [3.8, 4) is 11.3 Å². The van der Waals surface area contributed by atoms with Crippen molar-refractivity contribution in [2.45, 2.75) is 17.9 Å². The fourth-order valence-electron chi connectivity index (χ4n) is 1.39. The van der Waals surface area contributed by atoms with E-state index in [1.807, 2.05) is 12.1 Å². The van der Waals surface area contributed by atoms with Crippen LogP contribution in [0.5, 0.6) is 0 Å². The third-order valence-electron chi connectivity index (χ3n) is 2.49. The van der Waals surface area contributed by atoms with Crippen LogP contribution in [0.1, 0.15) is 12.8 Å². The molecule has 0 saturated heterocycles. The number of nitrogens with zero attached hydrogens (tertiary/aromatic N) is 1. The van der Waals surface area contributed by atoms with Gasteiger partial charge in [-0.1, -0.05) is 11.6 Å². The summed E-state index contributed by atoms with van der Waals surface area (Å²) < 4.78 is 5.57. The van der Waals surface area contributed by atoms with Crippen molar-refractivity contribution in [1.82, 2.24) is 4.98 Å². The van der Waals surface area contributed by atoms with E-state index in [9.17, 15) is 4.79 Å². The average molecular weight is 298 g/mol. The van der Waals surface area contributed by atoms with Crippen LogP contribution in [0.15, 0.2) is 34.9 Å². The Bertz CT molecular complexity index is 568. The number of carbonyl (C=O) groups is 1. The van der Waals surface area contributed by atoms with E-state index in [1.165, 1.54) is 11.8 Å². The molecular formula is C13H12ClNO3S. The second-order valence-electron chi connectivity index (χ2n) is 3.92. The van der Waals surface area contributed by atoms with Gasteiger partial charge in [0.25, 0.3) is 0 Å². The van der Waals surface area contributed by atoms with Gasteiger partial charge in [-0.3, -0.25) is 4.79 Å². The van der Waals surface area contributed by atoms with Gasteiger partial charge in [0.15, 0.2) is 5.76 Å². The molecule has 0 bridgehead atoms. The van der Waals surface area contributed by atoms with Gasteiger partial charge in [0, 0.05) is 10.6 Å². The Morgan fingerprint density at radius 3 is 2.79 bits per heavy atom. The van der Waals surface area contributed by atoms with Crippen LogP contribution in [-0.2, 0) is 10.5 Å². The highest BCUT2D eigenvalue weighted by atomic mass is 35.5. The minimum absolute atomic E-state index is 0.432. The molecule has 0 radical (unpaired) electrons. The Morgan fingerprint density at radius 2 is 2.16 bits per heavy atom. The molecule has 1 aromatic carbocycles. The molecule has 2 rings (SSSR count). The third-order valence-corrected chi connectivity index (χ3v) is 3.85. The van der Waals surface area contributed by atoms with E-state index < -0.39 is 11.2 Å². The highest BCUT2D eigenvalue weighted by molar-refractivity contribution is 7.99. The zero-order chi connectivity index (χ0) is 13.8. The summed E-state index contributed by atoms with van der Waals surface area (Å²) in [7, 11) is 0. The van der Waals surface area contributed by atoms with Gasteiger partial charge in [0.1, 0.15) is 0 Å². The molecule has 6 heteroatoms. The first-order valence-electron chi connectivity index (χ1n) is 5.61. The fraction of sp³-hybridized carbons (Fsp3) is 0.231. The molecule has 0 aliphatic heterocycles. The molecule has 0 aliphatic rings. The minimum atomic E-state index is -0.838. The number of aromatic nitrogens is 1. The normalized spacial score (nSPS) is 12.3. The Kier molecular flexibility index (Phi) is 4.50. The third kappa shape index (κ3) is 3.75. The molecule has 100 valence electrons. The van der Waals surface area contributed by atoms with E-state index in [1.54, 1.807) is 25.3 Å². The van der Waals surface area contributed by atoms with Crippen LogP contribution < -0.4 is 0 Å². The average Bonchev–Trinajstić information content (AvgIpc) is 2.85. The lowest BCUT2D eigenvalue weighted by Gasteiger charge is -2.02. The van der Waals surface area contributed by atoms with E-state index in [0.717, 1.165) is 5.56 Å². The van der Waals surface area contributed by atoms with Crippen molar-refractivity contribution < 1.29 is 14.3 Å². The fourth-order valence-corrected chi connectivity index (χ4v) is 2.19. The predicted octanol–water partition coefficient (Wildman–Crippen LogP) is 3.70. The number of aliphatic carboxylic acids is 1. The molecule has 0 aliphatic carbocycles. The van der Waals surface area contributed by atoms with Crippen LogP contribution in [0.4, 0.5) is 0 Å². The van der Waals surface area contributed by atoms with Crippen LogP contribution in [-0.4, -0.2) is 21.3 Å². The summed E-state index contributed by atoms with van der Waals surface area (Å²) in [6, 6.07) is 7.25. The molecule has 4 nitrogen and oxygen atoms in total. The largest absolute Gasteiger partial charge is 0.480 e. The molecule has 0 saturated carbocycles. The lowest BCUT2D eigenvalue weighted by Crippen LogP contribution is -2.11. The van der Waals surface area contributed by atoms with Gasteiger partial charge in [0.2, 0.25) is 5.89 Å². The monoisotopic (exact) mass is 297 g/mol. The van der Waals surface area contributed by atoms with Crippen LogP contribution in [0.2, 0.25) is 5.02 Å². The molecule has 1 aromatic heterocycles. The number of carboxylic acids is 1. The molecule has 1 atom stereocenters. The lowest BCUT2D eigenvalue weighted by atomic mass is 10.2. The Balaban J connectivity index is 2.03. The summed E-state index contributed by atoms with van der Waals surface area (Å²) in [5, 5.41) is 8.97. The number of thioether (sulfide) groups is 1. The van der Waals surface area contributed by atoms with Gasteiger partial charge < -0.3 is 9.52 Å². The Hall–Kier alpha value is -1.46. The van der Waals surface area contributed by atoms with Crippen LogP contribution in [0.25, 0.3) is 11.3 Å². The zero-order valence-electron chi connectivity index (χ0n) is 10.2. The standard InChI is InChI=1S/C13H12ClNO3S/c1-8(13(16)17)19-7-12-15-6-11(18-12)9-2-4-10(14)5-3-9/h2-6,8H,7H2,1H3,(H,16,17). The van der Waals surface area contributed by atoms with Crippen molar-refractivity contribution >= 4 is 29.3 Å². The lowest BCUT2D eigenvalue weighted by molar-refractivity contribution is -0.136. The first kappa shape index (κ1) is 14.0. The summed E-state index contributed by atoms with van der Waals surface area (Å²) in [6.45, 7) is 1.63. The molecule has 19 heavy (non-hydrogen) atoms. The predicted molar refractivity (Wildman–Crippen MR) is 75.3 cm³/mol. The van der Waals surface area contributed by atoms with Gasteiger partial charge >= 0.3 is 5.97 Å². The highest BCUT2D eigenvalue weighted by Gasteiger charge is 2.13. The van der Waals surface area contributed by atoms with Gasteiger partial charge in [-0.05, 0) is 31.2 Å². The first-order chi connectivity index (χ1) is 9.06. The van der Waals surface area contributed by atoms with E-state index in [4.69, 9.17) is 21.1 Å². The number of hydrogen-bond donors (Lipinski definition) is 1. The number of halogens is 1. The first-order valence-corrected chi connectivity index (χ1v) is 7.04. The van der Waals surface area contributed by atoms with Gasteiger partial charge in [-0.25, -0.2) is 4.98 Å². The zero-order valence-corrected chi connectivity index (χ0v) is 11.7. The van der Waals surface area contributed by atoms with Crippen LogP contribution >= 0.6 is 23.4 Å². The van der Waals surface area contributed by atoms with Crippen molar-refractivity contribution in [2.75, 3.05) is 0 Å². The van der Waals surface area contributed by atoms with Crippen LogP contribution in [0, 0.1) is 0 Å². The maximum atomic E-state index is 10.7. The summed E-state index contributed by atoms with van der Waals surface area (Å²) >= 11 is 7.09. The minimum Gasteiger partial charge on any atom is -0.480 e. The number of hydrogen-bond acceptors (Lipinski definition) is 4. The van der Waals surface area contributed by atoms with E-state index in [0.29, 0.717) is 22.4 Å². The highest BCUT2D eigenvalue weighted by Crippen LogP contribution is 2.24. The van der Waals surface area contributed by atoms with Gasteiger partial charge in [0.05, 0.1) is 17.2 Å². The topological polar surface area (TPSA) is 63.3 Å². The molecule has 1 N–H and O–H groups in total. The van der Waals surface area contributed by atoms with Crippen molar-refractivity contribution in [1.29, 1.82) is 0 Å². The number of benzene rings is 1. The van der Waals surface area contributed by atoms with Gasteiger partial charge in [-0.15, -0.1) is 11.8 Å². The second-order valence-corrected chi connectivity index (χ2v) is 5.68. The summed E-state index contributed by atoms with van der Waals surface area (Å²) in [5.41, 5.74) is 0.888. The van der Waals surface area contributed by atoms with Crippen molar-refractivity contribution in [3.05, 3.63) is 41.4 Å².